The van der Waals surface area contributed by atoms with Gasteiger partial charge in [0.2, 0.25) is 0 Å². The van der Waals surface area contributed by atoms with Gasteiger partial charge in [-0.25, -0.2) is 0 Å². The van der Waals surface area contributed by atoms with Crippen LogP contribution in [0.3, 0.4) is 0 Å². The summed E-state index contributed by atoms with van der Waals surface area (Å²) in [5, 5.41) is 14.5. The van der Waals surface area contributed by atoms with Crippen LogP contribution >= 0.6 is 0 Å². The van der Waals surface area contributed by atoms with Gasteiger partial charge in [0.1, 0.15) is 0 Å². The van der Waals surface area contributed by atoms with Crippen molar-refractivity contribution in [3.8, 4) is 0 Å². The Labute approximate surface area is 142 Å². The number of carbonyl (C=O) groups is 1. The van der Waals surface area contributed by atoms with E-state index in [0.29, 0.717) is 6.54 Å². The standard InChI is InChI=1S/C20H22N2O2/c1-2-16-17(21-16)20(24)18(15-11-7-4-8-12-15)22(19(20)23)13-14-9-5-3-6-10-14/h3-12,16-18,21,24H,2,13H2,1H3/t16-,17+,18-,20-/m0/s1. The molecular weight excluding hydrogens is 300 g/mol. The lowest BCUT2D eigenvalue weighted by Gasteiger charge is -2.53. The van der Waals surface area contributed by atoms with Gasteiger partial charge in [-0.2, -0.15) is 0 Å². The molecule has 2 aromatic rings. The lowest BCUT2D eigenvalue weighted by Crippen LogP contribution is -2.71. The van der Waals surface area contributed by atoms with Crippen LogP contribution in [0.25, 0.3) is 0 Å². The maximum atomic E-state index is 12.9. The van der Waals surface area contributed by atoms with Crippen molar-refractivity contribution in [1.82, 2.24) is 10.2 Å². The second-order valence-corrected chi connectivity index (χ2v) is 6.72. The van der Waals surface area contributed by atoms with E-state index < -0.39 is 5.60 Å². The second kappa shape index (κ2) is 5.72. The number of hydrogen-bond donors (Lipinski definition) is 2. The zero-order valence-corrected chi connectivity index (χ0v) is 13.7. The molecule has 2 heterocycles. The van der Waals surface area contributed by atoms with Gasteiger partial charge in [-0.1, -0.05) is 67.6 Å². The van der Waals surface area contributed by atoms with Crippen molar-refractivity contribution in [2.75, 3.05) is 0 Å². The lowest BCUT2D eigenvalue weighted by molar-refractivity contribution is -0.195. The SMILES string of the molecule is CC[C@@H]1N[C@H]1[C@@]1(O)C(=O)N(Cc2ccccc2)[C@H]1c1ccccc1. The predicted octanol–water partition coefficient (Wildman–Crippen LogP) is 2.25. The van der Waals surface area contributed by atoms with Crippen LogP contribution in [0, 0.1) is 0 Å². The average Bonchev–Trinajstić information content (AvgIpc) is 3.42. The van der Waals surface area contributed by atoms with E-state index in [1.165, 1.54) is 0 Å². The highest BCUT2D eigenvalue weighted by Crippen LogP contribution is 2.50. The third-order valence-corrected chi connectivity index (χ3v) is 5.24. The number of carbonyl (C=O) groups excluding carboxylic acids is 1. The molecule has 0 aromatic heterocycles. The maximum absolute atomic E-state index is 12.9. The highest BCUT2D eigenvalue weighted by Gasteiger charge is 2.69. The number of aliphatic hydroxyl groups is 1. The number of β-lactam (4-membered cyclic amide) rings is 1. The van der Waals surface area contributed by atoms with Crippen molar-refractivity contribution >= 4 is 5.91 Å². The van der Waals surface area contributed by atoms with Crippen molar-refractivity contribution in [3.05, 3.63) is 71.8 Å². The normalized spacial score (nSPS) is 31.7. The summed E-state index contributed by atoms with van der Waals surface area (Å²) in [5.74, 6) is -0.173. The monoisotopic (exact) mass is 322 g/mol. The smallest absolute Gasteiger partial charge is 0.259 e. The molecule has 24 heavy (non-hydrogen) atoms. The summed E-state index contributed by atoms with van der Waals surface area (Å²) in [7, 11) is 0. The molecule has 0 radical (unpaired) electrons. The van der Waals surface area contributed by atoms with Crippen LogP contribution < -0.4 is 5.32 Å². The predicted molar refractivity (Wildman–Crippen MR) is 92.1 cm³/mol. The Kier molecular flexibility index (Phi) is 3.66. The molecule has 0 bridgehead atoms. The molecule has 2 aliphatic rings. The number of rotatable bonds is 5. The van der Waals surface area contributed by atoms with Gasteiger partial charge >= 0.3 is 0 Å². The summed E-state index contributed by atoms with van der Waals surface area (Å²) in [4.78, 5) is 14.6. The molecule has 0 saturated carbocycles. The second-order valence-electron chi connectivity index (χ2n) is 6.72. The van der Waals surface area contributed by atoms with E-state index in [4.69, 9.17) is 0 Å². The van der Waals surface area contributed by atoms with Gasteiger partial charge in [-0.05, 0) is 17.5 Å². The van der Waals surface area contributed by atoms with Crippen molar-refractivity contribution < 1.29 is 9.90 Å². The van der Waals surface area contributed by atoms with E-state index in [-0.39, 0.29) is 24.0 Å². The Hall–Kier alpha value is -2.17. The molecule has 0 aliphatic carbocycles. The van der Waals surface area contributed by atoms with Crippen LogP contribution in [-0.2, 0) is 11.3 Å². The Morgan fingerprint density at radius 2 is 1.71 bits per heavy atom. The first-order chi connectivity index (χ1) is 11.7. The van der Waals surface area contributed by atoms with Gasteiger partial charge in [0.25, 0.3) is 5.91 Å². The topological polar surface area (TPSA) is 62.5 Å². The Morgan fingerprint density at radius 1 is 1.08 bits per heavy atom. The molecule has 4 rings (SSSR count). The average molecular weight is 322 g/mol. The highest BCUT2D eigenvalue weighted by atomic mass is 16.3. The molecule has 2 saturated heterocycles. The minimum Gasteiger partial charge on any atom is -0.376 e. The van der Waals surface area contributed by atoms with E-state index in [1.807, 2.05) is 60.7 Å². The van der Waals surface area contributed by atoms with Gasteiger partial charge in [0, 0.05) is 12.6 Å². The molecule has 2 aromatic carbocycles. The van der Waals surface area contributed by atoms with Gasteiger partial charge in [-0.15, -0.1) is 0 Å². The van der Waals surface area contributed by atoms with Crippen LogP contribution in [0.4, 0.5) is 0 Å². The first-order valence-corrected chi connectivity index (χ1v) is 8.54. The molecule has 0 unspecified atom stereocenters. The third-order valence-electron chi connectivity index (χ3n) is 5.24. The van der Waals surface area contributed by atoms with E-state index in [1.54, 1.807) is 4.90 Å². The molecule has 2 aliphatic heterocycles. The quantitative estimate of drug-likeness (QED) is 0.655. The lowest BCUT2D eigenvalue weighted by atomic mass is 9.74. The summed E-state index contributed by atoms with van der Waals surface area (Å²) >= 11 is 0. The van der Waals surface area contributed by atoms with Gasteiger partial charge in [0.15, 0.2) is 5.60 Å². The number of hydrogen-bond acceptors (Lipinski definition) is 3. The van der Waals surface area contributed by atoms with E-state index in [9.17, 15) is 9.90 Å². The van der Waals surface area contributed by atoms with Crippen LogP contribution in [0.1, 0.15) is 30.5 Å². The summed E-state index contributed by atoms with van der Waals surface area (Å²) in [5.41, 5.74) is 0.722. The minimum atomic E-state index is -1.34. The Morgan fingerprint density at radius 3 is 2.29 bits per heavy atom. The van der Waals surface area contributed by atoms with Crippen LogP contribution in [0.5, 0.6) is 0 Å². The summed E-state index contributed by atoms with van der Waals surface area (Å²) in [6.45, 7) is 2.59. The van der Waals surface area contributed by atoms with E-state index in [0.717, 1.165) is 17.5 Å². The van der Waals surface area contributed by atoms with Crippen molar-refractivity contribution in [2.45, 2.75) is 43.6 Å². The number of amides is 1. The number of nitrogens with one attached hydrogen (secondary N) is 1. The molecule has 2 fully saturated rings. The van der Waals surface area contributed by atoms with Crippen LogP contribution in [0.15, 0.2) is 60.7 Å². The van der Waals surface area contributed by atoms with Crippen molar-refractivity contribution in [1.29, 1.82) is 0 Å². The van der Waals surface area contributed by atoms with E-state index >= 15 is 0 Å². The van der Waals surface area contributed by atoms with E-state index in [2.05, 4.69) is 12.2 Å². The fraction of sp³-hybridized carbons (Fsp3) is 0.350. The molecule has 4 atom stereocenters. The molecule has 4 nitrogen and oxygen atoms in total. The maximum Gasteiger partial charge on any atom is 0.259 e. The Bertz CT molecular complexity index is 734. The first kappa shape index (κ1) is 15.4. The van der Waals surface area contributed by atoms with Gasteiger partial charge in [0.05, 0.1) is 12.1 Å². The first-order valence-electron chi connectivity index (χ1n) is 8.54. The summed E-state index contributed by atoms with van der Waals surface area (Å²) in [6.07, 6.45) is 0.917. The zero-order valence-electron chi connectivity index (χ0n) is 13.7. The molecule has 1 amide bonds. The minimum absolute atomic E-state index is 0.146. The van der Waals surface area contributed by atoms with Crippen molar-refractivity contribution in [2.24, 2.45) is 0 Å². The number of likely N-dealkylation sites (tertiary alicyclic amines) is 1. The summed E-state index contributed by atoms with van der Waals surface area (Å²) in [6, 6.07) is 19.5. The highest BCUT2D eigenvalue weighted by molar-refractivity contribution is 5.95. The van der Waals surface area contributed by atoms with Crippen LogP contribution in [-0.4, -0.2) is 33.6 Å². The Balaban J connectivity index is 1.66. The zero-order chi connectivity index (χ0) is 16.7. The third kappa shape index (κ3) is 2.26. The van der Waals surface area contributed by atoms with Gasteiger partial charge in [-0.3, -0.25) is 4.79 Å². The largest absolute Gasteiger partial charge is 0.376 e. The number of benzene rings is 2. The summed E-state index contributed by atoms with van der Waals surface area (Å²) < 4.78 is 0. The molecule has 0 spiro atoms. The molecule has 4 heteroatoms. The van der Waals surface area contributed by atoms with Crippen LogP contribution in [0.2, 0.25) is 0 Å². The molecular formula is C20H22N2O2. The molecule has 2 N–H and O–H groups in total. The fourth-order valence-electron chi connectivity index (χ4n) is 3.91. The number of nitrogens with zero attached hydrogens (tertiary/aromatic N) is 1. The van der Waals surface area contributed by atoms with Gasteiger partial charge < -0.3 is 15.3 Å². The van der Waals surface area contributed by atoms with Crippen molar-refractivity contribution in [3.63, 3.8) is 0 Å². The molecule has 124 valence electrons. The fourth-order valence-corrected chi connectivity index (χ4v) is 3.91.